The van der Waals surface area contributed by atoms with Crippen molar-refractivity contribution in [1.82, 2.24) is 5.16 Å². The third kappa shape index (κ3) is 0.784. The monoisotopic (exact) mass is 131 g/mol. The van der Waals surface area contributed by atoms with Crippen molar-refractivity contribution in [2.75, 3.05) is 0 Å². The maximum atomic E-state index is 10.1. The topological polar surface area (TPSA) is 96.1 Å². The van der Waals surface area contributed by atoms with Crippen LogP contribution in [0.2, 0.25) is 0 Å². The van der Waals surface area contributed by atoms with Crippen molar-refractivity contribution in [2.24, 2.45) is 0 Å². The minimum Gasteiger partial charge on any atom is -0.266 e. The Morgan fingerprint density at radius 2 is 2.56 bits per heavy atom. The first-order valence-electron chi connectivity index (χ1n) is 1.91. The molecule has 0 aliphatic rings. The normalized spacial score (nSPS) is 9.33. The number of hydrogen-bond acceptors (Lipinski definition) is 5. The van der Waals surface area contributed by atoms with Crippen LogP contribution in [-0.4, -0.2) is 10.1 Å². The van der Waals surface area contributed by atoms with Gasteiger partial charge in [-0.05, 0) is 0 Å². The van der Waals surface area contributed by atoms with Crippen LogP contribution in [0.25, 0.3) is 0 Å². The molecule has 1 rings (SSSR count). The molecular formula is C2HN3O4. The van der Waals surface area contributed by atoms with E-state index in [0.29, 0.717) is 0 Å². The molecule has 0 saturated carbocycles. The molecule has 0 fully saturated rings. The Balaban J connectivity index is 3.08. The summed E-state index contributed by atoms with van der Waals surface area (Å²) in [5.41, 5.74) is 0. The number of nitro groups is 1. The SMILES string of the molecule is O=[N+]([O-])c1cno[n+]1[O-]. The van der Waals surface area contributed by atoms with Gasteiger partial charge in [-0.3, -0.25) is 20.0 Å². The largest absolute Gasteiger partial charge is 0.578 e. The van der Waals surface area contributed by atoms with Crippen molar-refractivity contribution >= 4 is 5.82 Å². The maximum Gasteiger partial charge on any atom is 0.578 e. The second-order valence-corrected chi connectivity index (χ2v) is 1.19. The van der Waals surface area contributed by atoms with Crippen LogP contribution in [0.1, 0.15) is 0 Å². The van der Waals surface area contributed by atoms with Gasteiger partial charge >= 0.3 is 5.82 Å². The van der Waals surface area contributed by atoms with Crippen LogP contribution >= 0.6 is 0 Å². The standard InChI is InChI=1S/C2HN3O4/c6-4(7)2-1-3-9-5(2)8/h1H. The quantitative estimate of drug-likeness (QED) is 0.283. The van der Waals surface area contributed by atoms with Gasteiger partial charge in [0, 0.05) is 0 Å². The molecule has 0 radical (unpaired) electrons. The molecule has 0 amide bonds. The number of rotatable bonds is 1. The predicted molar refractivity (Wildman–Crippen MR) is 22.1 cm³/mol. The summed E-state index contributed by atoms with van der Waals surface area (Å²) in [5, 5.41) is 22.8. The van der Waals surface area contributed by atoms with Gasteiger partial charge in [-0.25, -0.2) is 0 Å². The Morgan fingerprint density at radius 3 is 2.78 bits per heavy atom. The van der Waals surface area contributed by atoms with Gasteiger partial charge in [0.25, 0.3) is 0 Å². The second kappa shape index (κ2) is 1.69. The molecule has 0 saturated heterocycles. The van der Waals surface area contributed by atoms with Crippen LogP contribution in [0, 0.1) is 15.3 Å². The van der Waals surface area contributed by atoms with Crippen LogP contribution in [0.5, 0.6) is 0 Å². The number of nitrogens with zero attached hydrogens (tertiary/aromatic N) is 3. The van der Waals surface area contributed by atoms with E-state index in [1.54, 1.807) is 0 Å². The average molecular weight is 131 g/mol. The lowest BCUT2D eigenvalue weighted by Gasteiger charge is -1.76. The molecule has 0 unspecified atom stereocenters. The molecule has 0 aromatic carbocycles. The molecule has 1 aromatic heterocycles. The first kappa shape index (κ1) is 5.48. The molecule has 0 aliphatic carbocycles. The lowest BCUT2D eigenvalue weighted by atomic mass is 10.8. The predicted octanol–water partition coefficient (Wildman–Crippen LogP) is -0.784. The summed E-state index contributed by atoms with van der Waals surface area (Å²) in [6.07, 6.45) is 0.729. The summed E-state index contributed by atoms with van der Waals surface area (Å²) in [6, 6.07) is 0. The fourth-order valence-electron chi connectivity index (χ4n) is 0.316. The van der Waals surface area contributed by atoms with Crippen molar-refractivity contribution in [1.29, 1.82) is 0 Å². The van der Waals surface area contributed by atoms with Gasteiger partial charge in [0.2, 0.25) is 6.20 Å². The first-order chi connectivity index (χ1) is 4.22. The molecular weight excluding hydrogens is 130 g/mol. The summed E-state index contributed by atoms with van der Waals surface area (Å²) in [6.45, 7) is 0. The van der Waals surface area contributed by atoms with Gasteiger partial charge < -0.3 is 0 Å². The molecule has 9 heavy (non-hydrogen) atoms. The Kier molecular flexibility index (Phi) is 1.03. The van der Waals surface area contributed by atoms with Gasteiger partial charge in [-0.2, -0.15) is 0 Å². The van der Waals surface area contributed by atoms with E-state index < -0.39 is 10.7 Å². The Bertz CT molecular complexity index is 229. The van der Waals surface area contributed by atoms with Gasteiger partial charge in [-0.15, -0.1) is 5.16 Å². The molecule has 7 heteroatoms. The Morgan fingerprint density at radius 1 is 1.89 bits per heavy atom. The smallest absolute Gasteiger partial charge is 0.266 e. The van der Waals surface area contributed by atoms with Crippen LogP contribution in [-0.2, 0) is 0 Å². The van der Waals surface area contributed by atoms with Crippen molar-refractivity contribution < 1.29 is 14.5 Å². The van der Waals surface area contributed by atoms with Crippen molar-refractivity contribution in [2.45, 2.75) is 0 Å². The van der Waals surface area contributed by atoms with E-state index in [0.717, 1.165) is 6.20 Å². The minimum atomic E-state index is -0.885. The lowest BCUT2D eigenvalue weighted by molar-refractivity contribution is -0.825. The molecule has 0 atom stereocenters. The van der Waals surface area contributed by atoms with Gasteiger partial charge in [0.1, 0.15) is 9.83 Å². The molecule has 0 aliphatic heterocycles. The number of hydrogen-bond donors (Lipinski definition) is 0. The fourth-order valence-corrected chi connectivity index (χ4v) is 0.316. The van der Waals surface area contributed by atoms with Crippen LogP contribution in [0.3, 0.4) is 0 Å². The van der Waals surface area contributed by atoms with E-state index in [9.17, 15) is 15.3 Å². The van der Waals surface area contributed by atoms with E-state index in [1.807, 2.05) is 0 Å². The summed E-state index contributed by atoms with van der Waals surface area (Å²) in [4.78, 5) is 8.60. The second-order valence-electron chi connectivity index (χ2n) is 1.19. The zero-order chi connectivity index (χ0) is 6.85. The van der Waals surface area contributed by atoms with Crippen LogP contribution in [0.15, 0.2) is 10.8 Å². The van der Waals surface area contributed by atoms with Crippen LogP contribution < -0.4 is 4.90 Å². The maximum absolute atomic E-state index is 10.1. The molecule has 0 bridgehead atoms. The van der Waals surface area contributed by atoms with Crippen molar-refractivity contribution in [3.05, 3.63) is 21.5 Å². The summed E-state index contributed by atoms with van der Waals surface area (Å²) in [5.74, 6) is -0.713. The van der Waals surface area contributed by atoms with Gasteiger partial charge in [-0.1, -0.05) is 0 Å². The highest BCUT2D eigenvalue weighted by atomic mass is 16.8. The average Bonchev–Trinajstić information content (AvgIpc) is 2.13. The molecule has 1 heterocycles. The zero-order valence-corrected chi connectivity index (χ0v) is 4.05. The highest BCUT2D eigenvalue weighted by Gasteiger charge is 2.21. The van der Waals surface area contributed by atoms with Gasteiger partial charge in [0.15, 0.2) is 0 Å². The minimum absolute atomic E-state index is 0.278. The summed E-state index contributed by atoms with van der Waals surface area (Å²) < 4.78 is 3.80. The van der Waals surface area contributed by atoms with E-state index >= 15 is 0 Å². The van der Waals surface area contributed by atoms with Gasteiger partial charge in [0.05, 0.1) is 0 Å². The zero-order valence-electron chi connectivity index (χ0n) is 4.05. The highest BCUT2D eigenvalue weighted by Crippen LogP contribution is 1.97. The highest BCUT2D eigenvalue weighted by molar-refractivity contribution is 4.99. The van der Waals surface area contributed by atoms with E-state index in [2.05, 4.69) is 9.79 Å². The van der Waals surface area contributed by atoms with E-state index in [-0.39, 0.29) is 4.90 Å². The third-order valence-corrected chi connectivity index (χ3v) is 0.664. The van der Waals surface area contributed by atoms with E-state index in [1.165, 1.54) is 0 Å². The molecule has 0 N–H and O–H groups in total. The summed E-state index contributed by atoms with van der Waals surface area (Å²) in [7, 11) is 0. The number of aromatic nitrogens is 2. The molecule has 1 aromatic rings. The van der Waals surface area contributed by atoms with Crippen molar-refractivity contribution in [3.8, 4) is 0 Å². The van der Waals surface area contributed by atoms with Crippen LogP contribution in [0.4, 0.5) is 5.82 Å². The van der Waals surface area contributed by atoms with Crippen molar-refractivity contribution in [3.63, 3.8) is 0 Å². The van der Waals surface area contributed by atoms with E-state index in [4.69, 9.17) is 0 Å². The first-order valence-corrected chi connectivity index (χ1v) is 1.91. The summed E-state index contributed by atoms with van der Waals surface area (Å²) >= 11 is 0. The molecule has 0 spiro atoms. The molecule has 7 nitrogen and oxygen atoms in total. The fraction of sp³-hybridized carbons (Fsp3) is 0. The Hall–Kier alpha value is -1.66. The lowest BCUT2D eigenvalue weighted by Crippen LogP contribution is -2.25. The Labute approximate surface area is 48.2 Å². The molecule has 48 valence electrons. The third-order valence-electron chi connectivity index (χ3n) is 0.664.